The molecule has 1 unspecified atom stereocenters. The number of ether oxygens (including phenoxy) is 1. The van der Waals surface area contributed by atoms with Crippen molar-refractivity contribution in [2.24, 2.45) is 0 Å². The molecular formula is C17H27NO2. The number of likely N-dealkylation sites (N-methyl/N-ethyl adjacent to an activating group) is 1. The Balaban J connectivity index is 2.41. The third kappa shape index (κ3) is 5.74. The molecule has 1 atom stereocenters. The summed E-state index contributed by atoms with van der Waals surface area (Å²) in [5, 5.41) is 0. The van der Waals surface area contributed by atoms with E-state index in [2.05, 4.69) is 31.0 Å². The van der Waals surface area contributed by atoms with Gasteiger partial charge in [-0.1, -0.05) is 18.2 Å². The summed E-state index contributed by atoms with van der Waals surface area (Å²) >= 11 is 0. The Hall–Kier alpha value is -1.35. The predicted molar refractivity (Wildman–Crippen MR) is 83.3 cm³/mol. The molecule has 3 heteroatoms. The fraction of sp³-hybridized carbons (Fsp3) is 0.588. The molecule has 1 aromatic carbocycles. The maximum Gasteiger partial charge on any atom is 0.129 e. The van der Waals surface area contributed by atoms with E-state index in [4.69, 9.17) is 4.74 Å². The second-order valence-electron chi connectivity index (χ2n) is 5.50. The summed E-state index contributed by atoms with van der Waals surface area (Å²) in [5.41, 5.74) is 1.25. The molecule has 0 aromatic heterocycles. The van der Waals surface area contributed by atoms with Crippen LogP contribution in [0.1, 0.15) is 38.7 Å². The van der Waals surface area contributed by atoms with Crippen LogP contribution in [0.2, 0.25) is 0 Å². The summed E-state index contributed by atoms with van der Waals surface area (Å²) in [4.78, 5) is 13.3. The summed E-state index contributed by atoms with van der Waals surface area (Å²) in [7, 11) is 3.86. The van der Waals surface area contributed by atoms with E-state index in [1.165, 1.54) is 5.56 Å². The van der Waals surface area contributed by atoms with Gasteiger partial charge < -0.3 is 14.4 Å². The van der Waals surface area contributed by atoms with Crippen molar-refractivity contribution in [3.63, 3.8) is 0 Å². The van der Waals surface area contributed by atoms with E-state index in [0.29, 0.717) is 12.5 Å². The average molecular weight is 277 g/mol. The van der Waals surface area contributed by atoms with Crippen LogP contribution in [0.5, 0.6) is 5.75 Å². The Morgan fingerprint density at radius 2 is 2.00 bits per heavy atom. The monoisotopic (exact) mass is 277 g/mol. The van der Waals surface area contributed by atoms with Gasteiger partial charge >= 0.3 is 0 Å². The van der Waals surface area contributed by atoms with Crippen LogP contribution in [0.4, 0.5) is 0 Å². The van der Waals surface area contributed by atoms with Gasteiger partial charge in [-0.25, -0.2) is 0 Å². The molecule has 0 N–H and O–H groups in total. The Morgan fingerprint density at radius 1 is 1.30 bits per heavy atom. The molecule has 0 radical (unpaired) electrons. The summed E-state index contributed by atoms with van der Waals surface area (Å²) < 4.78 is 5.39. The van der Waals surface area contributed by atoms with Crippen molar-refractivity contribution in [1.82, 2.24) is 4.90 Å². The summed E-state index contributed by atoms with van der Waals surface area (Å²) in [6, 6.07) is 8.65. The second kappa shape index (κ2) is 8.75. The highest BCUT2D eigenvalue weighted by atomic mass is 16.5. The lowest BCUT2D eigenvalue weighted by molar-refractivity contribution is -0.117. The van der Waals surface area contributed by atoms with E-state index in [1.54, 1.807) is 14.0 Å². The molecule has 0 aliphatic heterocycles. The summed E-state index contributed by atoms with van der Waals surface area (Å²) in [6.07, 6.45) is 3.75. The Kier molecular flexibility index (Phi) is 7.31. The van der Waals surface area contributed by atoms with Crippen molar-refractivity contribution >= 4 is 5.78 Å². The van der Waals surface area contributed by atoms with Gasteiger partial charge in [0.25, 0.3) is 0 Å². The van der Waals surface area contributed by atoms with E-state index < -0.39 is 0 Å². The second-order valence-corrected chi connectivity index (χ2v) is 5.50. The number of unbranched alkanes of at least 4 members (excludes halogenated alkanes) is 1. The largest absolute Gasteiger partial charge is 0.496 e. The van der Waals surface area contributed by atoms with Gasteiger partial charge in [0.05, 0.1) is 7.11 Å². The fourth-order valence-corrected chi connectivity index (χ4v) is 2.30. The average Bonchev–Trinajstić information content (AvgIpc) is 2.43. The van der Waals surface area contributed by atoms with Gasteiger partial charge in [-0.05, 0) is 58.3 Å². The van der Waals surface area contributed by atoms with E-state index in [1.807, 2.05) is 12.1 Å². The number of nitrogens with zero attached hydrogens (tertiary/aromatic N) is 1. The van der Waals surface area contributed by atoms with Gasteiger partial charge in [0.15, 0.2) is 0 Å². The van der Waals surface area contributed by atoms with Crippen LogP contribution in [0.3, 0.4) is 0 Å². The van der Waals surface area contributed by atoms with Gasteiger partial charge in [0, 0.05) is 12.5 Å². The lowest BCUT2D eigenvalue weighted by Crippen LogP contribution is -2.31. The topological polar surface area (TPSA) is 29.5 Å². The molecule has 0 aliphatic carbocycles. The van der Waals surface area contributed by atoms with E-state index >= 15 is 0 Å². The van der Waals surface area contributed by atoms with Crippen molar-refractivity contribution < 1.29 is 9.53 Å². The summed E-state index contributed by atoms with van der Waals surface area (Å²) in [6.45, 7) is 4.93. The van der Waals surface area contributed by atoms with Crippen LogP contribution in [0.25, 0.3) is 0 Å². The highest BCUT2D eigenvalue weighted by molar-refractivity contribution is 5.75. The molecule has 1 rings (SSSR count). The van der Waals surface area contributed by atoms with Crippen LogP contribution in [-0.2, 0) is 11.2 Å². The molecule has 1 aromatic rings. The molecule has 0 fully saturated rings. The molecule has 0 aliphatic rings. The number of benzene rings is 1. The van der Waals surface area contributed by atoms with Crippen molar-refractivity contribution in [3.05, 3.63) is 29.8 Å². The normalized spacial score (nSPS) is 12.4. The highest BCUT2D eigenvalue weighted by Crippen LogP contribution is 2.20. The zero-order valence-corrected chi connectivity index (χ0v) is 13.2. The summed E-state index contributed by atoms with van der Waals surface area (Å²) in [5.74, 6) is 1.25. The Labute approximate surface area is 122 Å². The molecule has 0 saturated carbocycles. The standard InChI is InChI=1S/C17H27NO2/c1-14(18(3)12-8-7-9-15(2)19)13-16-10-5-6-11-17(16)20-4/h5-6,10-11,14H,7-9,12-13H2,1-4H3. The minimum atomic E-state index is 0.287. The zero-order valence-electron chi connectivity index (χ0n) is 13.2. The van der Waals surface area contributed by atoms with E-state index in [9.17, 15) is 4.79 Å². The molecule has 0 heterocycles. The molecule has 112 valence electrons. The van der Waals surface area contributed by atoms with E-state index in [0.717, 1.165) is 31.6 Å². The smallest absolute Gasteiger partial charge is 0.129 e. The minimum absolute atomic E-state index is 0.287. The maximum atomic E-state index is 10.9. The third-order valence-corrected chi connectivity index (χ3v) is 3.75. The number of rotatable bonds is 9. The lowest BCUT2D eigenvalue weighted by Gasteiger charge is -2.25. The third-order valence-electron chi connectivity index (χ3n) is 3.75. The molecule has 0 saturated heterocycles. The number of hydrogen-bond acceptors (Lipinski definition) is 3. The highest BCUT2D eigenvalue weighted by Gasteiger charge is 2.12. The van der Waals surface area contributed by atoms with Crippen LogP contribution in [-0.4, -0.2) is 37.4 Å². The predicted octanol–water partition coefficient (Wildman–Crippen LogP) is 3.32. The number of Topliss-reactive ketones (excluding diaryl/α,β-unsaturated/α-hetero) is 1. The molecule has 20 heavy (non-hydrogen) atoms. The fourth-order valence-electron chi connectivity index (χ4n) is 2.30. The van der Waals surface area contributed by atoms with Crippen LogP contribution in [0.15, 0.2) is 24.3 Å². The number of methoxy groups -OCH3 is 1. The van der Waals surface area contributed by atoms with Gasteiger partial charge in [-0.3, -0.25) is 0 Å². The zero-order chi connectivity index (χ0) is 15.0. The van der Waals surface area contributed by atoms with Gasteiger partial charge in [0.1, 0.15) is 11.5 Å². The quantitative estimate of drug-likeness (QED) is 0.649. The molecule has 0 amide bonds. The van der Waals surface area contributed by atoms with Crippen molar-refractivity contribution in [2.75, 3.05) is 20.7 Å². The number of hydrogen-bond donors (Lipinski definition) is 0. The Morgan fingerprint density at radius 3 is 2.65 bits per heavy atom. The first-order valence-electron chi connectivity index (χ1n) is 7.36. The molecular weight excluding hydrogens is 250 g/mol. The van der Waals surface area contributed by atoms with E-state index in [-0.39, 0.29) is 5.78 Å². The number of ketones is 1. The maximum absolute atomic E-state index is 10.9. The Bertz CT molecular complexity index is 417. The van der Waals surface area contributed by atoms with Crippen molar-refractivity contribution in [3.8, 4) is 5.75 Å². The van der Waals surface area contributed by atoms with Gasteiger partial charge in [0.2, 0.25) is 0 Å². The van der Waals surface area contributed by atoms with Gasteiger partial charge in [-0.2, -0.15) is 0 Å². The molecule has 3 nitrogen and oxygen atoms in total. The number of para-hydroxylation sites is 1. The lowest BCUT2D eigenvalue weighted by atomic mass is 10.0. The molecule has 0 bridgehead atoms. The first-order valence-corrected chi connectivity index (χ1v) is 7.36. The van der Waals surface area contributed by atoms with Gasteiger partial charge in [-0.15, -0.1) is 0 Å². The number of carbonyl (C=O) groups is 1. The number of carbonyl (C=O) groups excluding carboxylic acids is 1. The van der Waals surface area contributed by atoms with Crippen LogP contribution < -0.4 is 4.74 Å². The van der Waals surface area contributed by atoms with Crippen LogP contribution in [0, 0.1) is 0 Å². The van der Waals surface area contributed by atoms with Crippen LogP contribution >= 0.6 is 0 Å². The van der Waals surface area contributed by atoms with Crippen molar-refractivity contribution in [1.29, 1.82) is 0 Å². The molecule has 0 spiro atoms. The first kappa shape index (κ1) is 16.7. The van der Waals surface area contributed by atoms with Crippen molar-refractivity contribution in [2.45, 2.75) is 45.6 Å². The SMILES string of the molecule is COc1ccccc1CC(C)N(C)CCCCC(C)=O. The first-order chi connectivity index (χ1) is 9.54. The minimum Gasteiger partial charge on any atom is -0.496 e.